The number of rotatable bonds is 0. The lowest BCUT2D eigenvalue weighted by Crippen LogP contribution is -2.16. The standard InChI is InChI=1S/C24H14N6O2/c1-27-9-7-15-21(27)25-19-11-3-5-14-18-12(4-6-13(17(11)18)23(31)29(15)19)20-26-22-16(8-10-28(22)2)30(20)24(14)32/h3-10H,1-2H3. The van der Waals surface area contributed by atoms with Crippen molar-refractivity contribution >= 4 is 65.9 Å². The van der Waals surface area contributed by atoms with Crippen LogP contribution in [0.2, 0.25) is 0 Å². The van der Waals surface area contributed by atoms with Crippen molar-refractivity contribution in [1.82, 2.24) is 27.9 Å². The SMILES string of the molecule is Cn1ccc2c1nc1c3ccc4c(=O)n5c6ccn(C)c6nc5c5ccc(c(=O)n21)c3c45. The summed E-state index contributed by atoms with van der Waals surface area (Å²) in [6.45, 7) is 0. The maximum atomic E-state index is 13.6. The first-order valence-corrected chi connectivity index (χ1v) is 10.3. The molecule has 0 saturated carbocycles. The molecule has 0 amide bonds. The zero-order valence-corrected chi connectivity index (χ0v) is 17.1. The van der Waals surface area contributed by atoms with Gasteiger partial charge in [0.1, 0.15) is 0 Å². The predicted molar refractivity (Wildman–Crippen MR) is 124 cm³/mol. The largest absolute Gasteiger partial charge is 0.334 e. The molecule has 0 fully saturated rings. The van der Waals surface area contributed by atoms with Gasteiger partial charge in [-0.15, -0.1) is 0 Å². The molecule has 152 valence electrons. The highest BCUT2D eigenvalue weighted by atomic mass is 16.1. The number of aryl methyl sites for hydroxylation is 2. The summed E-state index contributed by atoms with van der Waals surface area (Å²) in [6, 6.07) is 11.3. The summed E-state index contributed by atoms with van der Waals surface area (Å²) in [4.78, 5) is 36.7. The highest BCUT2D eigenvalue weighted by molar-refractivity contribution is 6.27. The van der Waals surface area contributed by atoms with E-state index in [1.54, 1.807) is 8.80 Å². The lowest BCUT2D eigenvalue weighted by atomic mass is 9.96. The van der Waals surface area contributed by atoms with E-state index in [0.717, 1.165) is 43.9 Å². The van der Waals surface area contributed by atoms with Crippen LogP contribution >= 0.6 is 0 Å². The second kappa shape index (κ2) is 4.88. The van der Waals surface area contributed by atoms with Crippen LogP contribution in [-0.2, 0) is 14.1 Å². The number of fused-ring (bicyclic) bond motifs is 8. The van der Waals surface area contributed by atoms with Crippen LogP contribution in [0.4, 0.5) is 0 Å². The number of aromatic nitrogens is 6. The minimum absolute atomic E-state index is 0.128. The molecule has 6 aromatic heterocycles. The summed E-state index contributed by atoms with van der Waals surface area (Å²) in [7, 11) is 3.83. The Morgan fingerprint density at radius 2 is 0.969 bits per heavy atom. The number of hydrogen-bond donors (Lipinski definition) is 0. The van der Waals surface area contributed by atoms with Gasteiger partial charge in [0.05, 0.1) is 11.0 Å². The molecule has 0 aliphatic heterocycles. The van der Waals surface area contributed by atoms with Gasteiger partial charge in [0.2, 0.25) is 0 Å². The molecule has 0 aliphatic rings. The number of pyridine rings is 2. The molecule has 8 rings (SSSR count). The summed E-state index contributed by atoms with van der Waals surface area (Å²) >= 11 is 0. The first-order chi connectivity index (χ1) is 15.5. The normalized spacial score (nSPS) is 12.9. The van der Waals surface area contributed by atoms with Crippen LogP contribution in [0, 0.1) is 0 Å². The number of benzene rings is 2. The van der Waals surface area contributed by atoms with Gasteiger partial charge in [0, 0.05) is 58.8 Å². The summed E-state index contributed by atoms with van der Waals surface area (Å²) < 4.78 is 7.17. The molecular formula is C24H14N6O2. The van der Waals surface area contributed by atoms with Crippen molar-refractivity contribution in [3.05, 3.63) is 69.5 Å². The van der Waals surface area contributed by atoms with Gasteiger partial charge in [-0.3, -0.25) is 18.4 Å². The van der Waals surface area contributed by atoms with E-state index in [9.17, 15) is 9.59 Å². The van der Waals surface area contributed by atoms with E-state index >= 15 is 0 Å². The van der Waals surface area contributed by atoms with Crippen LogP contribution < -0.4 is 11.1 Å². The van der Waals surface area contributed by atoms with Crippen LogP contribution in [0.3, 0.4) is 0 Å². The summed E-state index contributed by atoms with van der Waals surface area (Å²) in [6.07, 6.45) is 3.80. The molecule has 0 aliphatic carbocycles. The fourth-order valence-electron chi connectivity index (χ4n) is 5.40. The van der Waals surface area contributed by atoms with Gasteiger partial charge in [-0.25, -0.2) is 9.97 Å². The molecule has 0 radical (unpaired) electrons. The lowest BCUT2D eigenvalue weighted by molar-refractivity contribution is 0.953. The molecule has 2 aromatic carbocycles. The summed E-state index contributed by atoms with van der Waals surface area (Å²) in [5.74, 6) is 0. The van der Waals surface area contributed by atoms with Crippen molar-refractivity contribution in [2.24, 2.45) is 14.1 Å². The fourth-order valence-corrected chi connectivity index (χ4v) is 5.40. The van der Waals surface area contributed by atoms with Gasteiger partial charge in [-0.2, -0.15) is 0 Å². The van der Waals surface area contributed by atoms with Gasteiger partial charge in [0.25, 0.3) is 11.1 Å². The smallest absolute Gasteiger partial charge is 0.264 e. The highest BCUT2D eigenvalue weighted by Gasteiger charge is 2.23. The summed E-state index contributed by atoms with van der Waals surface area (Å²) in [5.41, 5.74) is 4.03. The third-order valence-electron chi connectivity index (χ3n) is 6.88. The Hall–Kier alpha value is -4.46. The van der Waals surface area contributed by atoms with Crippen molar-refractivity contribution in [2.75, 3.05) is 0 Å². The van der Waals surface area contributed by atoms with Gasteiger partial charge in [-0.05, 0) is 36.4 Å². The average molecular weight is 418 g/mol. The van der Waals surface area contributed by atoms with Crippen LogP contribution in [0.25, 0.3) is 65.9 Å². The van der Waals surface area contributed by atoms with Gasteiger partial charge >= 0.3 is 0 Å². The van der Waals surface area contributed by atoms with Crippen LogP contribution in [-0.4, -0.2) is 27.9 Å². The van der Waals surface area contributed by atoms with Crippen molar-refractivity contribution in [3.8, 4) is 0 Å². The first-order valence-electron chi connectivity index (χ1n) is 10.3. The van der Waals surface area contributed by atoms with E-state index in [4.69, 9.17) is 9.97 Å². The fraction of sp³-hybridized carbons (Fsp3) is 0.0833. The van der Waals surface area contributed by atoms with Crippen molar-refractivity contribution in [3.63, 3.8) is 0 Å². The maximum Gasteiger partial charge on any atom is 0.264 e. The van der Waals surface area contributed by atoms with Crippen molar-refractivity contribution in [1.29, 1.82) is 0 Å². The van der Waals surface area contributed by atoms with Gasteiger partial charge in [0.15, 0.2) is 22.6 Å². The van der Waals surface area contributed by atoms with Crippen molar-refractivity contribution < 1.29 is 0 Å². The first kappa shape index (κ1) is 16.3. The molecule has 8 nitrogen and oxygen atoms in total. The molecule has 0 N–H and O–H groups in total. The molecule has 8 heteroatoms. The van der Waals surface area contributed by atoms with Crippen LogP contribution in [0.1, 0.15) is 0 Å². The van der Waals surface area contributed by atoms with E-state index in [-0.39, 0.29) is 11.1 Å². The molecule has 0 spiro atoms. The molecule has 32 heavy (non-hydrogen) atoms. The Kier molecular flexibility index (Phi) is 2.48. The molecule has 0 bridgehead atoms. The van der Waals surface area contributed by atoms with Crippen molar-refractivity contribution in [2.45, 2.75) is 0 Å². The Bertz CT molecular complexity index is 2050. The summed E-state index contributed by atoms with van der Waals surface area (Å²) in [5, 5.41) is 4.42. The predicted octanol–water partition coefficient (Wildman–Crippen LogP) is 3.02. The number of imidazole rings is 2. The Morgan fingerprint density at radius 1 is 0.562 bits per heavy atom. The van der Waals surface area contributed by atoms with E-state index in [2.05, 4.69) is 0 Å². The van der Waals surface area contributed by atoms with Gasteiger partial charge < -0.3 is 9.13 Å². The highest BCUT2D eigenvalue weighted by Crippen LogP contribution is 2.36. The second-order valence-electron chi connectivity index (χ2n) is 8.49. The quantitative estimate of drug-likeness (QED) is 0.355. The molecule has 0 saturated heterocycles. The zero-order chi connectivity index (χ0) is 21.5. The molecule has 0 atom stereocenters. The second-order valence-corrected chi connectivity index (χ2v) is 8.49. The Morgan fingerprint density at radius 3 is 1.41 bits per heavy atom. The van der Waals surface area contributed by atoms with E-state index < -0.39 is 0 Å². The maximum absolute atomic E-state index is 13.6. The number of nitrogens with zero attached hydrogens (tertiary/aromatic N) is 6. The van der Waals surface area contributed by atoms with E-state index in [1.807, 2.05) is 72.0 Å². The molecule has 6 heterocycles. The Balaban J connectivity index is 1.73. The van der Waals surface area contributed by atoms with Gasteiger partial charge in [-0.1, -0.05) is 0 Å². The third kappa shape index (κ3) is 1.55. The lowest BCUT2D eigenvalue weighted by Gasteiger charge is -2.11. The minimum atomic E-state index is -0.128. The molecular weight excluding hydrogens is 404 g/mol. The van der Waals surface area contributed by atoms with Crippen LogP contribution in [0.5, 0.6) is 0 Å². The molecule has 0 unspecified atom stereocenters. The van der Waals surface area contributed by atoms with Crippen LogP contribution in [0.15, 0.2) is 58.4 Å². The average Bonchev–Trinajstić information content (AvgIpc) is 3.53. The molecule has 8 aromatic rings. The monoisotopic (exact) mass is 418 g/mol. The van der Waals surface area contributed by atoms with E-state index in [1.165, 1.54) is 0 Å². The number of hydrogen-bond acceptors (Lipinski definition) is 4. The van der Waals surface area contributed by atoms with E-state index in [0.29, 0.717) is 22.1 Å². The Labute approximate surface area is 177 Å². The zero-order valence-electron chi connectivity index (χ0n) is 17.1. The minimum Gasteiger partial charge on any atom is -0.334 e. The topological polar surface area (TPSA) is 78.6 Å². The third-order valence-corrected chi connectivity index (χ3v) is 6.88.